The normalized spacial score (nSPS) is 9.65. The molecule has 0 aliphatic heterocycles. The van der Waals surface area contributed by atoms with Crippen molar-refractivity contribution in [3.05, 3.63) is 30.0 Å². The molecule has 3 nitrogen and oxygen atoms in total. The topological polar surface area (TPSA) is 30.5 Å². The van der Waals surface area contributed by atoms with Crippen LogP contribution in [0.3, 0.4) is 0 Å². The minimum Gasteiger partial charge on any atom is -0.493 e. The quantitative estimate of drug-likeness (QED) is 0.813. The number of ether oxygens (including phenoxy) is 2. The number of allylic oxidation sites excluding steroid dienone is 1. The number of nitrogens with one attached hydrogen (secondary N) is 1. The lowest BCUT2D eigenvalue weighted by atomic mass is 10.2. The smallest absolute Gasteiger partial charge is 0.162 e. The van der Waals surface area contributed by atoms with E-state index in [0.717, 1.165) is 30.0 Å². The second-order valence-electron chi connectivity index (χ2n) is 3.72. The van der Waals surface area contributed by atoms with Crippen LogP contribution in [0.5, 0.6) is 11.5 Å². The highest BCUT2D eigenvalue weighted by Gasteiger charge is 2.03. The second-order valence-corrected chi connectivity index (χ2v) is 3.72. The van der Waals surface area contributed by atoms with Gasteiger partial charge in [0.15, 0.2) is 11.5 Å². The molecule has 0 aliphatic rings. The summed E-state index contributed by atoms with van der Waals surface area (Å²) in [7, 11) is 3.28. The summed E-state index contributed by atoms with van der Waals surface area (Å²) in [4.78, 5) is 0. The third-order valence-electron chi connectivity index (χ3n) is 2.73. The fourth-order valence-electron chi connectivity index (χ4n) is 1.57. The zero-order valence-corrected chi connectivity index (χ0v) is 11.0. The van der Waals surface area contributed by atoms with Crippen molar-refractivity contribution >= 4 is 5.69 Å². The number of benzene rings is 1. The molecule has 0 spiro atoms. The van der Waals surface area contributed by atoms with E-state index in [0.29, 0.717) is 0 Å². The summed E-state index contributed by atoms with van der Waals surface area (Å²) in [5, 5.41) is 3.28. The number of rotatable bonds is 6. The average Bonchev–Trinajstić information content (AvgIpc) is 2.39. The van der Waals surface area contributed by atoms with Gasteiger partial charge in [-0.1, -0.05) is 19.4 Å². The molecule has 1 rings (SSSR count). The highest BCUT2D eigenvalue weighted by atomic mass is 16.5. The molecule has 0 aromatic heterocycles. The van der Waals surface area contributed by atoms with Crippen LogP contribution in [0.25, 0.3) is 0 Å². The van der Waals surface area contributed by atoms with Crippen LogP contribution in [-0.2, 0) is 0 Å². The van der Waals surface area contributed by atoms with E-state index in [1.807, 2.05) is 18.2 Å². The Bertz CT molecular complexity index is 380. The van der Waals surface area contributed by atoms with Crippen LogP contribution >= 0.6 is 0 Å². The minimum atomic E-state index is 0.737. The van der Waals surface area contributed by atoms with Gasteiger partial charge >= 0.3 is 0 Å². The summed E-state index contributed by atoms with van der Waals surface area (Å²) in [6.07, 6.45) is 4.19. The molecule has 0 saturated carbocycles. The zero-order valence-electron chi connectivity index (χ0n) is 11.0. The summed E-state index contributed by atoms with van der Waals surface area (Å²) in [6, 6.07) is 5.80. The fraction of sp³-hybridized carbons (Fsp3) is 0.429. The molecule has 94 valence electrons. The van der Waals surface area contributed by atoms with Crippen molar-refractivity contribution in [2.45, 2.75) is 26.7 Å². The maximum atomic E-state index is 5.25. The first-order valence-corrected chi connectivity index (χ1v) is 5.91. The Morgan fingerprint density at radius 1 is 1.12 bits per heavy atom. The highest BCUT2D eigenvalue weighted by molar-refractivity contribution is 5.56. The second kappa shape index (κ2) is 6.84. The van der Waals surface area contributed by atoms with Gasteiger partial charge < -0.3 is 14.8 Å². The molecular formula is C14H21NO2. The summed E-state index contributed by atoms with van der Waals surface area (Å²) in [5.41, 5.74) is 2.39. The van der Waals surface area contributed by atoms with Gasteiger partial charge in [0.05, 0.1) is 14.2 Å². The molecule has 0 amide bonds. The van der Waals surface area contributed by atoms with Crippen LogP contribution in [0.2, 0.25) is 0 Å². The number of hydrogen-bond acceptors (Lipinski definition) is 3. The van der Waals surface area contributed by atoms with Crippen molar-refractivity contribution in [2.24, 2.45) is 0 Å². The van der Waals surface area contributed by atoms with Gasteiger partial charge in [0.25, 0.3) is 0 Å². The average molecular weight is 235 g/mol. The van der Waals surface area contributed by atoms with Gasteiger partial charge in [0, 0.05) is 18.0 Å². The zero-order chi connectivity index (χ0) is 12.7. The van der Waals surface area contributed by atoms with Crippen LogP contribution in [0.4, 0.5) is 5.69 Å². The number of methoxy groups -OCH3 is 2. The molecule has 0 radical (unpaired) electrons. The Hall–Kier alpha value is -1.64. The monoisotopic (exact) mass is 235 g/mol. The summed E-state index contributed by atoms with van der Waals surface area (Å²) >= 11 is 0. The minimum absolute atomic E-state index is 0.737. The first kappa shape index (κ1) is 13.4. The molecule has 0 aliphatic carbocycles. The first-order chi connectivity index (χ1) is 8.24. The largest absolute Gasteiger partial charge is 0.493 e. The van der Waals surface area contributed by atoms with E-state index in [1.165, 1.54) is 5.57 Å². The molecule has 17 heavy (non-hydrogen) atoms. The van der Waals surface area contributed by atoms with Crippen molar-refractivity contribution in [1.29, 1.82) is 0 Å². The molecule has 0 unspecified atom stereocenters. The SMILES string of the molecule is CCC(=CNc1ccc(OC)c(OC)c1)CC. The van der Waals surface area contributed by atoms with Gasteiger partial charge in [-0.25, -0.2) is 0 Å². The van der Waals surface area contributed by atoms with Crippen LogP contribution in [-0.4, -0.2) is 14.2 Å². The molecule has 3 heteroatoms. The fourth-order valence-corrected chi connectivity index (χ4v) is 1.57. The Balaban J connectivity index is 2.82. The maximum Gasteiger partial charge on any atom is 0.162 e. The van der Waals surface area contributed by atoms with E-state index >= 15 is 0 Å². The van der Waals surface area contributed by atoms with E-state index in [2.05, 4.69) is 25.4 Å². The van der Waals surface area contributed by atoms with Gasteiger partial charge in [-0.15, -0.1) is 0 Å². The van der Waals surface area contributed by atoms with Gasteiger partial charge in [-0.05, 0) is 25.0 Å². The lowest BCUT2D eigenvalue weighted by Gasteiger charge is -2.10. The molecule has 0 atom stereocenters. The van der Waals surface area contributed by atoms with Crippen LogP contribution in [0, 0.1) is 0 Å². The summed E-state index contributed by atoms with van der Waals surface area (Å²) in [6.45, 7) is 4.32. The Labute approximate surface area is 103 Å². The summed E-state index contributed by atoms with van der Waals surface area (Å²) in [5.74, 6) is 1.48. The Morgan fingerprint density at radius 3 is 2.29 bits per heavy atom. The number of hydrogen-bond donors (Lipinski definition) is 1. The molecule has 1 N–H and O–H groups in total. The van der Waals surface area contributed by atoms with Crippen molar-refractivity contribution in [3.63, 3.8) is 0 Å². The van der Waals surface area contributed by atoms with Crippen molar-refractivity contribution in [1.82, 2.24) is 0 Å². The van der Waals surface area contributed by atoms with E-state index in [4.69, 9.17) is 9.47 Å². The standard InChI is InChI=1S/C14H21NO2/c1-5-11(6-2)10-15-12-7-8-13(16-3)14(9-12)17-4/h7-10,15H,5-6H2,1-4H3. The summed E-state index contributed by atoms with van der Waals surface area (Å²) < 4.78 is 10.4. The van der Waals surface area contributed by atoms with E-state index < -0.39 is 0 Å². The molecule has 0 heterocycles. The molecule has 1 aromatic rings. The maximum absolute atomic E-state index is 5.25. The van der Waals surface area contributed by atoms with Crippen molar-refractivity contribution < 1.29 is 9.47 Å². The van der Waals surface area contributed by atoms with Gasteiger partial charge in [0.1, 0.15) is 0 Å². The third-order valence-corrected chi connectivity index (χ3v) is 2.73. The van der Waals surface area contributed by atoms with E-state index in [-0.39, 0.29) is 0 Å². The lowest BCUT2D eigenvalue weighted by Crippen LogP contribution is -1.94. The highest BCUT2D eigenvalue weighted by Crippen LogP contribution is 2.29. The lowest BCUT2D eigenvalue weighted by molar-refractivity contribution is 0.355. The Kier molecular flexibility index (Phi) is 5.40. The number of anilines is 1. The molecule has 0 saturated heterocycles. The van der Waals surface area contributed by atoms with Crippen LogP contribution < -0.4 is 14.8 Å². The predicted octanol–water partition coefficient (Wildman–Crippen LogP) is 3.82. The third kappa shape index (κ3) is 3.70. The van der Waals surface area contributed by atoms with Gasteiger partial charge in [-0.3, -0.25) is 0 Å². The van der Waals surface area contributed by atoms with Gasteiger partial charge in [-0.2, -0.15) is 0 Å². The molecular weight excluding hydrogens is 214 g/mol. The Morgan fingerprint density at radius 2 is 1.76 bits per heavy atom. The predicted molar refractivity (Wildman–Crippen MR) is 71.8 cm³/mol. The van der Waals surface area contributed by atoms with E-state index in [9.17, 15) is 0 Å². The van der Waals surface area contributed by atoms with Crippen LogP contribution in [0.15, 0.2) is 30.0 Å². The first-order valence-electron chi connectivity index (χ1n) is 5.91. The van der Waals surface area contributed by atoms with Crippen molar-refractivity contribution in [2.75, 3.05) is 19.5 Å². The molecule has 0 bridgehead atoms. The van der Waals surface area contributed by atoms with E-state index in [1.54, 1.807) is 14.2 Å². The van der Waals surface area contributed by atoms with Crippen LogP contribution in [0.1, 0.15) is 26.7 Å². The van der Waals surface area contributed by atoms with Gasteiger partial charge in [0.2, 0.25) is 0 Å². The molecule has 0 fully saturated rings. The van der Waals surface area contributed by atoms with Crippen molar-refractivity contribution in [3.8, 4) is 11.5 Å². The molecule has 1 aromatic carbocycles.